The van der Waals surface area contributed by atoms with Crippen LogP contribution in [0.5, 0.6) is 0 Å². The summed E-state index contributed by atoms with van der Waals surface area (Å²) in [6.07, 6.45) is 0. The number of ether oxygens (including phenoxy) is 1. The molecule has 3 rings (SSSR count). The van der Waals surface area contributed by atoms with E-state index < -0.39 is 0 Å². The highest BCUT2D eigenvalue weighted by Crippen LogP contribution is 2.26. The normalized spacial score (nSPS) is 17.4. The predicted octanol–water partition coefficient (Wildman–Crippen LogP) is 1.17. The van der Waals surface area contributed by atoms with E-state index in [1.54, 1.807) is 11.8 Å². The lowest BCUT2D eigenvalue weighted by Crippen LogP contribution is -2.42. The van der Waals surface area contributed by atoms with Gasteiger partial charge < -0.3 is 14.2 Å². The highest BCUT2D eigenvalue weighted by molar-refractivity contribution is 5.93. The standard InChI is InChI=1S/C15H22N6O2/c1-5-21-12(8-10(2)18-21)15(22)19-6-7-20-13(9-23-4)16-17-14(20)11(19)3/h8,11H,5-7,9H2,1-4H3/t11-/m0/s1. The van der Waals surface area contributed by atoms with E-state index in [9.17, 15) is 4.79 Å². The second-order valence-electron chi connectivity index (χ2n) is 5.72. The summed E-state index contributed by atoms with van der Waals surface area (Å²) in [5.41, 5.74) is 1.48. The fraction of sp³-hybridized carbons (Fsp3) is 0.600. The molecule has 0 radical (unpaired) electrons. The van der Waals surface area contributed by atoms with E-state index >= 15 is 0 Å². The van der Waals surface area contributed by atoms with E-state index in [1.165, 1.54) is 0 Å². The number of rotatable bonds is 4. The Bertz CT molecular complexity index is 720. The molecule has 1 aliphatic rings. The molecule has 8 heteroatoms. The third-order valence-corrected chi connectivity index (χ3v) is 4.22. The zero-order valence-corrected chi connectivity index (χ0v) is 14.0. The maximum atomic E-state index is 12.9. The van der Waals surface area contributed by atoms with Gasteiger partial charge in [-0.15, -0.1) is 10.2 Å². The third kappa shape index (κ3) is 2.63. The Kier molecular flexibility index (Phi) is 4.16. The van der Waals surface area contributed by atoms with Crippen LogP contribution in [-0.4, -0.2) is 49.0 Å². The third-order valence-electron chi connectivity index (χ3n) is 4.22. The molecule has 8 nitrogen and oxygen atoms in total. The number of nitrogens with zero attached hydrogens (tertiary/aromatic N) is 6. The highest BCUT2D eigenvalue weighted by atomic mass is 16.5. The summed E-state index contributed by atoms with van der Waals surface area (Å²) in [6.45, 7) is 8.26. The van der Waals surface area contributed by atoms with Gasteiger partial charge in [0.15, 0.2) is 11.6 Å². The summed E-state index contributed by atoms with van der Waals surface area (Å²) >= 11 is 0. The second-order valence-corrected chi connectivity index (χ2v) is 5.72. The number of amides is 1. The van der Waals surface area contributed by atoms with Gasteiger partial charge in [-0.25, -0.2) is 0 Å². The van der Waals surface area contributed by atoms with E-state index in [4.69, 9.17) is 4.74 Å². The van der Waals surface area contributed by atoms with Crippen LogP contribution in [0.3, 0.4) is 0 Å². The van der Waals surface area contributed by atoms with Crippen LogP contribution in [0.4, 0.5) is 0 Å². The van der Waals surface area contributed by atoms with Gasteiger partial charge in [0.1, 0.15) is 12.3 Å². The zero-order valence-electron chi connectivity index (χ0n) is 14.0. The van der Waals surface area contributed by atoms with E-state index in [0.717, 1.165) is 17.3 Å². The van der Waals surface area contributed by atoms with Crippen molar-refractivity contribution in [1.29, 1.82) is 0 Å². The summed E-state index contributed by atoms with van der Waals surface area (Å²) in [6, 6.07) is 1.71. The summed E-state index contributed by atoms with van der Waals surface area (Å²) in [7, 11) is 1.64. The first-order valence-electron chi connectivity index (χ1n) is 7.83. The lowest BCUT2D eigenvalue weighted by molar-refractivity contribution is 0.0620. The molecular formula is C15H22N6O2. The van der Waals surface area contributed by atoms with Crippen LogP contribution in [0.15, 0.2) is 6.07 Å². The van der Waals surface area contributed by atoms with Crippen molar-refractivity contribution in [2.24, 2.45) is 0 Å². The molecule has 0 N–H and O–H groups in total. The van der Waals surface area contributed by atoms with Gasteiger partial charge in [-0.3, -0.25) is 9.48 Å². The van der Waals surface area contributed by atoms with Crippen molar-refractivity contribution in [3.8, 4) is 0 Å². The number of methoxy groups -OCH3 is 1. The van der Waals surface area contributed by atoms with Gasteiger partial charge in [-0.1, -0.05) is 0 Å². The van der Waals surface area contributed by atoms with Gasteiger partial charge in [-0.05, 0) is 26.8 Å². The molecule has 0 unspecified atom stereocenters. The molecular weight excluding hydrogens is 296 g/mol. The first kappa shape index (κ1) is 15.7. The summed E-state index contributed by atoms with van der Waals surface area (Å²) in [4.78, 5) is 14.8. The van der Waals surface area contributed by atoms with Crippen LogP contribution in [-0.2, 0) is 24.4 Å². The number of aromatic nitrogens is 5. The molecule has 124 valence electrons. The summed E-state index contributed by atoms with van der Waals surface area (Å²) in [5, 5.41) is 12.8. The fourth-order valence-electron chi connectivity index (χ4n) is 3.06. The summed E-state index contributed by atoms with van der Waals surface area (Å²) in [5.74, 6) is 1.59. The second kappa shape index (κ2) is 6.11. The van der Waals surface area contributed by atoms with Gasteiger partial charge in [-0.2, -0.15) is 5.10 Å². The van der Waals surface area contributed by atoms with Crippen molar-refractivity contribution in [2.45, 2.75) is 46.5 Å². The van der Waals surface area contributed by atoms with Crippen LogP contribution in [0.1, 0.15) is 47.7 Å². The Balaban J connectivity index is 1.88. The minimum absolute atomic E-state index is 0.0116. The van der Waals surface area contributed by atoms with Crippen LogP contribution in [0.25, 0.3) is 0 Å². The molecule has 0 aromatic carbocycles. The Labute approximate surface area is 135 Å². The average Bonchev–Trinajstić information content (AvgIpc) is 3.11. The number of hydrogen-bond donors (Lipinski definition) is 0. The Hall–Kier alpha value is -2.22. The fourth-order valence-corrected chi connectivity index (χ4v) is 3.06. The van der Waals surface area contributed by atoms with Gasteiger partial charge in [0.25, 0.3) is 5.91 Å². The number of carbonyl (C=O) groups is 1. The van der Waals surface area contributed by atoms with Crippen LogP contribution in [0, 0.1) is 6.92 Å². The average molecular weight is 318 g/mol. The van der Waals surface area contributed by atoms with E-state index in [2.05, 4.69) is 15.3 Å². The van der Waals surface area contributed by atoms with Gasteiger partial charge in [0.05, 0.1) is 11.7 Å². The first-order valence-corrected chi connectivity index (χ1v) is 7.83. The molecule has 3 heterocycles. The quantitative estimate of drug-likeness (QED) is 0.845. The van der Waals surface area contributed by atoms with Crippen LogP contribution in [0.2, 0.25) is 0 Å². The summed E-state index contributed by atoms with van der Waals surface area (Å²) < 4.78 is 8.94. The van der Waals surface area contributed by atoms with Crippen molar-refractivity contribution in [3.63, 3.8) is 0 Å². The Morgan fingerprint density at radius 3 is 2.87 bits per heavy atom. The molecule has 2 aromatic heterocycles. The molecule has 1 amide bonds. The van der Waals surface area contributed by atoms with Crippen molar-refractivity contribution < 1.29 is 9.53 Å². The van der Waals surface area contributed by atoms with Crippen molar-refractivity contribution in [3.05, 3.63) is 29.1 Å². The maximum absolute atomic E-state index is 12.9. The lowest BCUT2D eigenvalue weighted by atomic mass is 10.2. The molecule has 23 heavy (non-hydrogen) atoms. The zero-order chi connectivity index (χ0) is 16.6. The topological polar surface area (TPSA) is 78.1 Å². The molecule has 0 aliphatic carbocycles. The molecule has 0 spiro atoms. The number of fused-ring (bicyclic) bond motifs is 1. The van der Waals surface area contributed by atoms with Crippen LogP contribution >= 0.6 is 0 Å². The Morgan fingerprint density at radius 2 is 2.17 bits per heavy atom. The molecule has 0 saturated heterocycles. The minimum Gasteiger partial charge on any atom is -0.377 e. The number of aryl methyl sites for hydroxylation is 2. The highest BCUT2D eigenvalue weighted by Gasteiger charge is 2.33. The van der Waals surface area contributed by atoms with Gasteiger partial charge >= 0.3 is 0 Å². The molecule has 0 bridgehead atoms. The van der Waals surface area contributed by atoms with Crippen molar-refractivity contribution in [2.75, 3.05) is 13.7 Å². The Morgan fingerprint density at radius 1 is 1.39 bits per heavy atom. The molecule has 2 aromatic rings. The van der Waals surface area contributed by atoms with Crippen molar-refractivity contribution >= 4 is 5.91 Å². The maximum Gasteiger partial charge on any atom is 0.272 e. The smallest absolute Gasteiger partial charge is 0.272 e. The molecule has 1 aliphatic heterocycles. The minimum atomic E-state index is -0.130. The monoisotopic (exact) mass is 318 g/mol. The van der Waals surface area contributed by atoms with E-state index in [0.29, 0.717) is 31.9 Å². The number of hydrogen-bond acceptors (Lipinski definition) is 5. The van der Waals surface area contributed by atoms with E-state index in [-0.39, 0.29) is 11.9 Å². The number of carbonyl (C=O) groups excluding carboxylic acids is 1. The van der Waals surface area contributed by atoms with Crippen LogP contribution < -0.4 is 0 Å². The molecule has 0 saturated carbocycles. The van der Waals surface area contributed by atoms with Gasteiger partial charge in [0.2, 0.25) is 0 Å². The largest absolute Gasteiger partial charge is 0.377 e. The SMILES string of the molecule is CCn1nc(C)cc1C(=O)N1CCn2c(COC)nnc2[C@@H]1C. The molecule has 0 fully saturated rings. The predicted molar refractivity (Wildman–Crippen MR) is 82.8 cm³/mol. The first-order chi connectivity index (χ1) is 11.1. The van der Waals surface area contributed by atoms with E-state index in [1.807, 2.05) is 36.3 Å². The lowest BCUT2D eigenvalue weighted by Gasteiger charge is -2.33. The molecule has 1 atom stereocenters. The van der Waals surface area contributed by atoms with Crippen molar-refractivity contribution in [1.82, 2.24) is 29.4 Å². The van der Waals surface area contributed by atoms with Gasteiger partial charge in [0, 0.05) is 26.7 Å².